The zero-order chi connectivity index (χ0) is 20.3. The van der Waals surface area contributed by atoms with Gasteiger partial charge in [-0.2, -0.15) is 8.78 Å². The SMILES string of the molecule is C=C(NC1=NCNC=C1)N(C)c1nc(-c2cccc(C(C)(F)F)n2)ccc1N. The first-order valence-corrected chi connectivity index (χ1v) is 8.52. The minimum Gasteiger partial charge on any atom is -0.396 e. The number of nitrogens with zero attached hydrogens (tertiary/aromatic N) is 4. The van der Waals surface area contributed by atoms with E-state index in [2.05, 4.69) is 32.2 Å². The van der Waals surface area contributed by atoms with Gasteiger partial charge >= 0.3 is 0 Å². The second-order valence-corrected chi connectivity index (χ2v) is 6.28. The molecular formula is C19H21F2N7. The lowest BCUT2D eigenvalue weighted by molar-refractivity contribution is 0.0129. The molecule has 1 aliphatic rings. The highest BCUT2D eigenvalue weighted by Crippen LogP contribution is 2.29. The van der Waals surface area contributed by atoms with Crippen LogP contribution in [0.2, 0.25) is 0 Å². The number of anilines is 2. The summed E-state index contributed by atoms with van der Waals surface area (Å²) in [4.78, 5) is 14.5. The Hall–Kier alpha value is -3.49. The number of nitrogens with one attached hydrogen (secondary N) is 2. The molecule has 0 aromatic carbocycles. The molecule has 0 radical (unpaired) electrons. The molecule has 3 heterocycles. The van der Waals surface area contributed by atoms with Gasteiger partial charge in [0.2, 0.25) is 0 Å². The number of nitrogen functional groups attached to an aromatic ring is 1. The molecule has 3 rings (SSSR count). The highest BCUT2D eigenvalue weighted by atomic mass is 19.3. The molecule has 2 aromatic rings. The van der Waals surface area contributed by atoms with Crippen molar-refractivity contribution in [3.63, 3.8) is 0 Å². The molecule has 0 amide bonds. The first kappa shape index (κ1) is 19.3. The Morgan fingerprint density at radius 2 is 2.00 bits per heavy atom. The second-order valence-electron chi connectivity index (χ2n) is 6.28. The number of halogens is 2. The molecule has 28 heavy (non-hydrogen) atoms. The average Bonchev–Trinajstić information content (AvgIpc) is 2.68. The van der Waals surface area contributed by atoms with E-state index in [1.54, 1.807) is 42.4 Å². The number of aromatic nitrogens is 2. The lowest BCUT2D eigenvalue weighted by Gasteiger charge is -2.24. The number of amidine groups is 1. The van der Waals surface area contributed by atoms with E-state index in [1.807, 2.05) is 0 Å². The number of hydrogen-bond acceptors (Lipinski definition) is 7. The largest absolute Gasteiger partial charge is 0.396 e. The molecule has 0 bridgehead atoms. The molecule has 0 unspecified atom stereocenters. The third-order valence-electron chi connectivity index (χ3n) is 4.06. The zero-order valence-electron chi connectivity index (χ0n) is 15.6. The summed E-state index contributed by atoms with van der Waals surface area (Å²) in [7, 11) is 1.74. The van der Waals surface area contributed by atoms with Gasteiger partial charge in [-0.05, 0) is 30.3 Å². The maximum Gasteiger partial charge on any atom is 0.286 e. The summed E-state index contributed by atoms with van der Waals surface area (Å²) in [5.41, 5.74) is 6.92. The van der Waals surface area contributed by atoms with E-state index in [1.165, 1.54) is 12.1 Å². The highest BCUT2D eigenvalue weighted by molar-refractivity contribution is 5.94. The molecule has 0 atom stereocenters. The number of rotatable bonds is 5. The maximum atomic E-state index is 13.6. The van der Waals surface area contributed by atoms with Crippen LogP contribution >= 0.6 is 0 Å². The third-order valence-corrected chi connectivity index (χ3v) is 4.06. The van der Waals surface area contributed by atoms with Crippen molar-refractivity contribution in [2.75, 3.05) is 24.3 Å². The minimum atomic E-state index is -3.04. The second kappa shape index (κ2) is 7.63. The molecular weight excluding hydrogens is 364 g/mol. The van der Waals surface area contributed by atoms with E-state index in [0.717, 1.165) is 6.92 Å². The Balaban J connectivity index is 1.88. The number of hydrogen-bond donors (Lipinski definition) is 3. The molecule has 4 N–H and O–H groups in total. The molecule has 146 valence electrons. The van der Waals surface area contributed by atoms with Crippen molar-refractivity contribution >= 4 is 17.3 Å². The molecule has 1 aliphatic heterocycles. The quantitative estimate of drug-likeness (QED) is 0.733. The van der Waals surface area contributed by atoms with E-state index >= 15 is 0 Å². The standard InChI is InChI=1S/C19H21F2N7/c1-12(25-17-9-10-23-11-24-17)28(3)18-13(22)7-8-15(27-18)14-5-4-6-16(26-14)19(2,20)21/h4-10,23H,1,11,22H2,2-3H3,(H,24,25). The summed E-state index contributed by atoms with van der Waals surface area (Å²) < 4.78 is 27.2. The molecule has 0 spiro atoms. The van der Waals surface area contributed by atoms with E-state index in [-0.39, 0.29) is 5.69 Å². The van der Waals surface area contributed by atoms with Gasteiger partial charge in [-0.15, -0.1) is 0 Å². The van der Waals surface area contributed by atoms with Crippen LogP contribution in [0.1, 0.15) is 12.6 Å². The molecule has 0 saturated carbocycles. The normalized spacial score (nSPS) is 13.5. The van der Waals surface area contributed by atoms with Crippen LogP contribution in [-0.2, 0) is 5.92 Å². The van der Waals surface area contributed by atoms with Crippen LogP contribution in [0.4, 0.5) is 20.3 Å². The molecule has 7 nitrogen and oxygen atoms in total. The lowest BCUT2D eigenvalue weighted by atomic mass is 10.2. The monoisotopic (exact) mass is 385 g/mol. The Morgan fingerprint density at radius 1 is 1.25 bits per heavy atom. The Kier molecular flexibility index (Phi) is 5.25. The number of alkyl halides is 2. The van der Waals surface area contributed by atoms with Gasteiger partial charge in [0, 0.05) is 20.2 Å². The molecule has 2 aromatic heterocycles. The third kappa shape index (κ3) is 4.25. The van der Waals surface area contributed by atoms with Crippen LogP contribution in [0.3, 0.4) is 0 Å². The zero-order valence-corrected chi connectivity index (χ0v) is 15.6. The van der Waals surface area contributed by atoms with Crippen LogP contribution in [0.15, 0.2) is 60.0 Å². The summed E-state index contributed by atoms with van der Waals surface area (Å²) in [6.45, 7) is 5.26. The van der Waals surface area contributed by atoms with Crippen LogP contribution < -0.4 is 21.3 Å². The van der Waals surface area contributed by atoms with Gasteiger partial charge in [0.05, 0.1) is 17.1 Å². The van der Waals surface area contributed by atoms with Crippen LogP contribution in [0, 0.1) is 0 Å². The van der Waals surface area contributed by atoms with Gasteiger partial charge in [0.15, 0.2) is 5.82 Å². The van der Waals surface area contributed by atoms with Crippen molar-refractivity contribution in [3.05, 3.63) is 60.7 Å². The van der Waals surface area contributed by atoms with Crippen molar-refractivity contribution in [2.24, 2.45) is 4.99 Å². The van der Waals surface area contributed by atoms with Crippen molar-refractivity contribution < 1.29 is 8.78 Å². The Bertz CT molecular complexity index is 948. The van der Waals surface area contributed by atoms with E-state index in [0.29, 0.717) is 41.2 Å². The van der Waals surface area contributed by atoms with E-state index < -0.39 is 5.92 Å². The van der Waals surface area contributed by atoms with E-state index in [4.69, 9.17) is 5.73 Å². The Morgan fingerprint density at radius 3 is 2.68 bits per heavy atom. The van der Waals surface area contributed by atoms with Gasteiger partial charge < -0.3 is 21.3 Å². The van der Waals surface area contributed by atoms with Crippen LogP contribution in [-0.4, -0.2) is 29.5 Å². The predicted molar refractivity (Wildman–Crippen MR) is 107 cm³/mol. The van der Waals surface area contributed by atoms with E-state index in [9.17, 15) is 8.78 Å². The summed E-state index contributed by atoms with van der Waals surface area (Å²) in [6, 6.07) is 7.73. The average molecular weight is 385 g/mol. The minimum absolute atomic E-state index is 0.319. The summed E-state index contributed by atoms with van der Waals surface area (Å²) >= 11 is 0. The number of aliphatic imine (C=N–C) groups is 1. The summed E-state index contributed by atoms with van der Waals surface area (Å²) in [6.07, 6.45) is 3.55. The molecule has 0 fully saturated rings. The first-order valence-electron chi connectivity index (χ1n) is 8.52. The van der Waals surface area contributed by atoms with Gasteiger partial charge in [0.1, 0.15) is 24.0 Å². The first-order chi connectivity index (χ1) is 13.3. The lowest BCUT2D eigenvalue weighted by Crippen LogP contribution is -2.34. The highest BCUT2D eigenvalue weighted by Gasteiger charge is 2.26. The summed E-state index contributed by atoms with van der Waals surface area (Å²) in [5, 5.41) is 6.03. The fourth-order valence-corrected chi connectivity index (χ4v) is 2.51. The molecule has 0 aliphatic carbocycles. The fraction of sp³-hybridized carbons (Fsp3) is 0.211. The van der Waals surface area contributed by atoms with Crippen molar-refractivity contribution in [1.82, 2.24) is 20.6 Å². The topological polar surface area (TPSA) is 91.5 Å². The van der Waals surface area contributed by atoms with Gasteiger partial charge in [-0.3, -0.25) is 0 Å². The summed E-state index contributed by atoms with van der Waals surface area (Å²) in [5.74, 6) is -1.47. The smallest absolute Gasteiger partial charge is 0.286 e. The predicted octanol–water partition coefficient (Wildman–Crippen LogP) is 2.81. The maximum absolute atomic E-state index is 13.6. The molecule has 9 heteroatoms. The van der Waals surface area contributed by atoms with Crippen molar-refractivity contribution in [2.45, 2.75) is 12.8 Å². The molecule has 0 saturated heterocycles. The number of pyridine rings is 2. The fourth-order valence-electron chi connectivity index (χ4n) is 2.51. The van der Waals surface area contributed by atoms with Gasteiger partial charge in [-0.1, -0.05) is 12.6 Å². The van der Waals surface area contributed by atoms with Gasteiger partial charge in [0.25, 0.3) is 5.92 Å². The van der Waals surface area contributed by atoms with Gasteiger partial charge in [-0.25, -0.2) is 15.0 Å². The van der Waals surface area contributed by atoms with Crippen LogP contribution in [0.25, 0.3) is 11.4 Å². The Labute approximate surface area is 161 Å². The van der Waals surface area contributed by atoms with Crippen molar-refractivity contribution in [3.8, 4) is 11.4 Å². The van der Waals surface area contributed by atoms with Crippen molar-refractivity contribution in [1.29, 1.82) is 0 Å². The number of nitrogens with two attached hydrogens (primary N) is 1. The van der Waals surface area contributed by atoms with Crippen LogP contribution in [0.5, 0.6) is 0 Å².